The van der Waals surface area contributed by atoms with Gasteiger partial charge in [0.25, 0.3) is 0 Å². The molecule has 0 fully saturated rings. The maximum atomic E-state index is 5.24. The molecule has 0 N–H and O–H groups in total. The molecule has 0 atom stereocenters. The van der Waals surface area contributed by atoms with Crippen LogP contribution < -0.4 is 0 Å². The van der Waals surface area contributed by atoms with Gasteiger partial charge < -0.3 is 4.42 Å². The Bertz CT molecular complexity index is 595. The number of fused-ring (bicyclic) bond motifs is 1. The molecule has 0 saturated heterocycles. The van der Waals surface area contributed by atoms with E-state index in [1.165, 1.54) is 0 Å². The molecular formula is C11H9N3O. The van der Waals surface area contributed by atoms with Crippen molar-refractivity contribution in [3.05, 3.63) is 42.3 Å². The average Bonchev–Trinajstić information content (AvgIpc) is 2.84. The van der Waals surface area contributed by atoms with Crippen LogP contribution in [0.4, 0.5) is 0 Å². The zero-order chi connectivity index (χ0) is 10.3. The number of furan rings is 1. The standard InChI is InChI=1S/C11H9N3O/c1-8-4-5-10-12-11(13-14(10)7-8)9-3-2-6-15-9/h2-7H,1H3. The van der Waals surface area contributed by atoms with Gasteiger partial charge in [0.05, 0.1) is 6.26 Å². The molecule has 3 heterocycles. The van der Waals surface area contributed by atoms with Gasteiger partial charge in [-0.3, -0.25) is 0 Å². The Kier molecular flexibility index (Phi) is 1.62. The van der Waals surface area contributed by atoms with Crippen molar-refractivity contribution in [1.29, 1.82) is 0 Å². The minimum absolute atomic E-state index is 0.616. The number of hydrogen-bond donors (Lipinski definition) is 0. The van der Waals surface area contributed by atoms with Crippen molar-refractivity contribution in [2.24, 2.45) is 0 Å². The average molecular weight is 199 g/mol. The zero-order valence-corrected chi connectivity index (χ0v) is 8.21. The third-order valence-electron chi connectivity index (χ3n) is 2.22. The topological polar surface area (TPSA) is 43.3 Å². The highest BCUT2D eigenvalue weighted by molar-refractivity contribution is 5.52. The number of hydrogen-bond acceptors (Lipinski definition) is 3. The number of nitrogens with zero attached hydrogens (tertiary/aromatic N) is 3. The number of pyridine rings is 1. The maximum absolute atomic E-state index is 5.24. The van der Waals surface area contributed by atoms with Crippen LogP contribution in [0.2, 0.25) is 0 Å². The number of aryl methyl sites for hydroxylation is 1. The highest BCUT2D eigenvalue weighted by Gasteiger charge is 2.07. The first-order chi connectivity index (χ1) is 7.33. The Balaban J connectivity index is 2.22. The predicted molar refractivity (Wildman–Crippen MR) is 55.4 cm³/mol. The second kappa shape index (κ2) is 2.95. The van der Waals surface area contributed by atoms with Gasteiger partial charge in [-0.2, -0.15) is 0 Å². The lowest BCUT2D eigenvalue weighted by molar-refractivity contribution is 0.577. The molecule has 3 rings (SSSR count). The van der Waals surface area contributed by atoms with E-state index in [0.717, 1.165) is 11.2 Å². The van der Waals surface area contributed by atoms with Crippen LogP contribution >= 0.6 is 0 Å². The van der Waals surface area contributed by atoms with E-state index < -0.39 is 0 Å². The summed E-state index contributed by atoms with van der Waals surface area (Å²) in [5, 5.41) is 4.33. The van der Waals surface area contributed by atoms with Crippen LogP contribution in [0.5, 0.6) is 0 Å². The molecule has 4 heteroatoms. The number of rotatable bonds is 1. The smallest absolute Gasteiger partial charge is 0.217 e. The Morgan fingerprint density at radius 3 is 3.00 bits per heavy atom. The highest BCUT2D eigenvalue weighted by atomic mass is 16.3. The van der Waals surface area contributed by atoms with E-state index in [0.29, 0.717) is 11.6 Å². The molecule has 0 unspecified atom stereocenters. The van der Waals surface area contributed by atoms with Gasteiger partial charge >= 0.3 is 0 Å². The second-order valence-electron chi connectivity index (χ2n) is 3.42. The van der Waals surface area contributed by atoms with Gasteiger partial charge in [0.1, 0.15) is 0 Å². The Morgan fingerprint density at radius 2 is 2.20 bits per heavy atom. The van der Waals surface area contributed by atoms with Gasteiger partial charge in [0.2, 0.25) is 5.82 Å². The van der Waals surface area contributed by atoms with Crippen LogP contribution in [-0.4, -0.2) is 14.6 Å². The van der Waals surface area contributed by atoms with Crippen LogP contribution in [0.25, 0.3) is 17.2 Å². The summed E-state index contributed by atoms with van der Waals surface area (Å²) in [5.41, 5.74) is 1.98. The van der Waals surface area contributed by atoms with E-state index in [1.807, 2.05) is 37.4 Å². The highest BCUT2D eigenvalue weighted by Crippen LogP contribution is 2.16. The van der Waals surface area contributed by atoms with Gasteiger partial charge in [-0.1, -0.05) is 6.07 Å². The fraction of sp³-hybridized carbons (Fsp3) is 0.0909. The lowest BCUT2D eigenvalue weighted by atomic mass is 10.3. The van der Waals surface area contributed by atoms with Gasteiger partial charge in [-0.25, -0.2) is 9.50 Å². The molecule has 0 aromatic carbocycles. The zero-order valence-electron chi connectivity index (χ0n) is 8.21. The summed E-state index contributed by atoms with van der Waals surface area (Å²) in [4.78, 5) is 4.35. The van der Waals surface area contributed by atoms with Crippen LogP contribution in [0.1, 0.15) is 5.56 Å². The van der Waals surface area contributed by atoms with Crippen molar-refractivity contribution in [3.63, 3.8) is 0 Å². The summed E-state index contributed by atoms with van der Waals surface area (Å²) < 4.78 is 7.00. The fourth-order valence-electron chi connectivity index (χ4n) is 1.50. The summed E-state index contributed by atoms with van der Waals surface area (Å²) in [6.45, 7) is 2.02. The van der Waals surface area contributed by atoms with Gasteiger partial charge in [-0.05, 0) is 30.7 Å². The first kappa shape index (κ1) is 8.23. The molecule has 0 saturated carbocycles. The van der Waals surface area contributed by atoms with Crippen molar-refractivity contribution in [3.8, 4) is 11.6 Å². The summed E-state index contributed by atoms with van der Waals surface area (Å²) >= 11 is 0. The van der Waals surface area contributed by atoms with E-state index >= 15 is 0 Å². The molecule has 3 aromatic rings. The first-order valence-corrected chi connectivity index (χ1v) is 4.70. The van der Waals surface area contributed by atoms with Crippen molar-refractivity contribution in [2.75, 3.05) is 0 Å². The summed E-state index contributed by atoms with van der Waals surface area (Å²) in [6.07, 6.45) is 3.56. The SMILES string of the molecule is Cc1ccc2nc(-c3ccco3)nn2c1. The lowest BCUT2D eigenvalue weighted by Gasteiger charge is -1.91. The minimum atomic E-state index is 0.616. The molecule has 0 aliphatic heterocycles. The largest absolute Gasteiger partial charge is 0.461 e. The van der Waals surface area contributed by atoms with Gasteiger partial charge in [0.15, 0.2) is 11.4 Å². The van der Waals surface area contributed by atoms with E-state index in [2.05, 4.69) is 10.1 Å². The normalized spacial score (nSPS) is 11.0. The molecule has 0 amide bonds. The maximum Gasteiger partial charge on any atom is 0.217 e. The van der Waals surface area contributed by atoms with Crippen molar-refractivity contribution >= 4 is 5.65 Å². The summed E-state index contributed by atoms with van der Waals surface area (Å²) in [7, 11) is 0. The van der Waals surface area contributed by atoms with Crippen molar-refractivity contribution in [1.82, 2.24) is 14.6 Å². The molecular weight excluding hydrogens is 190 g/mol. The minimum Gasteiger partial charge on any atom is -0.461 e. The Labute approximate surface area is 86.2 Å². The summed E-state index contributed by atoms with van der Waals surface area (Å²) in [6, 6.07) is 7.62. The van der Waals surface area contributed by atoms with E-state index in [4.69, 9.17) is 4.42 Å². The van der Waals surface area contributed by atoms with Crippen molar-refractivity contribution in [2.45, 2.75) is 6.92 Å². The molecule has 15 heavy (non-hydrogen) atoms. The molecule has 0 radical (unpaired) electrons. The van der Waals surface area contributed by atoms with Gasteiger partial charge in [0, 0.05) is 6.20 Å². The van der Waals surface area contributed by atoms with Crippen LogP contribution in [0.15, 0.2) is 41.1 Å². The Hall–Kier alpha value is -2.10. The molecule has 74 valence electrons. The fourth-order valence-corrected chi connectivity index (χ4v) is 1.50. The van der Waals surface area contributed by atoms with Crippen LogP contribution in [0, 0.1) is 6.92 Å². The Morgan fingerprint density at radius 1 is 1.27 bits per heavy atom. The van der Waals surface area contributed by atoms with Crippen molar-refractivity contribution < 1.29 is 4.42 Å². The number of aromatic nitrogens is 3. The molecule has 0 spiro atoms. The first-order valence-electron chi connectivity index (χ1n) is 4.70. The summed E-state index contributed by atoms with van der Waals surface area (Å²) in [5.74, 6) is 1.31. The van der Waals surface area contributed by atoms with Gasteiger partial charge in [-0.15, -0.1) is 5.10 Å². The second-order valence-corrected chi connectivity index (χ2v) is 3.42. The molecule has 0 aliphatic carbocycles. The third kappa shape index (κ3) is 1.30. The molecule has 0 bridgehead atoms. The third-order valence-corrected chi connectivity index (χ3v) is 2.22. The monoisotopic (exact) mass is 199 g/mol. The van der Waals surface area contributed by atoms with E-state index in [-0.39, 0.29) is 0 Å². The molecule has 3 aromatic heterocycles. The van der Waals surface area contributed by atoms with Crippen LogP contribution in [0.3, 0.4) is 0 Å². The quantitative estimate of drug-likeness (QED) is 0.604. The van der Waals surface area contributed by atoms with E-state index in [1.54, 1.807) is 10.8 Å². The predicted octanol–water partition coefficient (Wildman–Crippen LogP) is 2.30. The van der Waals surface area contributed by atoms with Crippen LogP contribution in [-0.2, 0) is 0 Å². The molecule has 0 aliphatic rings. The lowest BCUT2D eigenvalue weighted by Crippen LogP contribution is -1.87. The van der Waals surface area contributed by atoms with E-state index in [9.17, 15) is 0 Å². The molecule has 4 nitrogen and oxygen atoms in total.